The van der Waals surface area contributed by atoms with Crippen molar-refractivity contribution in [2.24, 2.45) is 5.73 Å². The molecule has 1 unspecified atom stereocenters. The molecule has 0 aliphatic carbocycles. The summed E-state index contributed by atoms with van der Waals surface area (Å²) in [5, 5.41) is 0. The number of nitrogens with two attached hydrogens (primary N) is 1. The molecular weight excluding hydrogens is 234 g/mol. The van der Waals surface area contributed by atoms with E-state index in [0.717, 1.165) is 17.1 Å². The van der Waals surface area contributed by atoms with Gasteiger partial charge in [0.05, 0.1) is 25.9 Å². The van der Waals surface area contributed by atoms with E-state index >= 15 is 0 Å². The molecule has 98 valence electrons. The number of cyclic esters (lactones) is 1. The molecule has 1 amide bonds. The molecule has 2 heterocycles. The van der Waals surface area contributed by atoms with Crippen molar-refractivity contribution >= 4 is 6.09 Å². The molecule has 1 aliphatic rings. The summed E-state index contributed by atoms with van der Waals surface area (Å²) in [5.74, 6) is 0.737. The van der Waals surface area contributed by atoms with Crippen LogP contribution in [0.1, 0.15) is 11.4 Å². The van der Waals surface area contributed by atoms with Crippen molar-refractivity contribution in [3.63, 3.8) is 0 Å². The zero-order chi connectivity index (χ0) is 13.1. The van der Waals surface area contributed by atoms with Crippen LogP contribution < -0.4 is 10.5 Å². The monoisotopic (exact) mass is 251 g/mol. The SMILES string of the molecule is COc1cc(C)nc(CN2CC(CN)OC2=O)c1. The number of hydrogen-bond acceptors (Lipinski definition) is 5. The van der Waals surface area contributed by atoms with E-state index in [4.69, 9.17) is 15.2 Å². The molecule has 2 rings (SSSR count). The van der Waals surface area contributed by atoms with Crippen LogP contribution in [0.3, 0.4) is 0 Å². The van der Waals surface area contributed by atoms with Gasteiger partial charge in [-0.2, -0.15) is 0 Å². The quantitative estimate of drug-likeness (QED) is 0.851. The lowest BCUT2D eigenvalue weighted by atomic mass is 10.2. The number of amides is 1. The Balaban J connectivity index is 2.09. The first kappa shape index (κ1) is 12.6. The van der Waals surface area contributed by atoms with Gasteiger partial charge in [-0.25, -0.2) is 4.79 Å². The molecule has 2 N–H and O–H groups in total. The predicted octanol–water partition coefficient (Wildman–Crippen LogP) is 0.678. The van der Waals surface area contributed by atoms with Gasteiger partial charge in [0, 0.05) is 24.4 Å². The first-order valence-corrected chi connectivity index (χ1v) is 5.79. The number of aryl methyl sites for hydroxylation is 1. The summed E-state index contributed by atoms with van der Waals surface area (Å²) < 4.78 is 10.3. The second-order valence-corrected chi connectivity index (χ2v) is 4.26. The molecule has 1 aromatic rings. The first-order chi connectivity index (χ1) is 8.62. The number of methoxy groups -OCH3 is 1. The molecule has 0 bridgehead atoms. The van der Waals surface area contributed by atoms with E-state index in [0.29, 0.717) is 19.6 Å². The number of aromatic nitrogens is 1. The molecular formula is C12H17N3O3. The van der Waals surface area contributed by atoms with Crippen molar-refractivity contribution in [3.05, 3.63) is 23.5 Å². The third-order valence-corrected chi connectivity index (χ3v) is 2.78. The number of carbonyl (C=O) groups is 1. The van der Waals surface area contributed by atoms with Gasteiger partial charge in [-0.15, -0.1) is 0 Å². The molecule has 18 heavy (non-hydrogen) atoms. The van der Waals surface area contributed by atoms with Crippen molar-refractivity contribution < 1.29 is 14.3 Å². The Labute approximate surface area is 106 Å². The van der Waals surface area contributed by atoms with Crippen LogP contribution in [0, 0.1) is 6.92 Å². The van der Waals surface area contributed by atoms with Crippen molar-refractivity contribution in [2.75, 3.05) is 20.2 Å². The molecule has 6 nitrogen and oxygen atoms in total. The summed E-state index contributed by atoms with van der Waals surface area (Å²) in [6.07, 6.45) is -0.558. The van der Waals surface area contributed by atoms with Crippen molar-refractivity contribution in [3.8, 4) is 5.75 Å². The highest BCUT2D eigenvalue weighted by Crippen LogP contribution is 2.18. The molecule has 0 aromatic carbocycles. The van der Waals surface area contributed by atoms with Crippen molar-refractivity contribution in [2.45, 2.75) is 19.6 Å². The minimum absolute atomic E-state index is 0.218. The molecule has 1 aliphatic heterocycles. The second-order valence-electron chi connectivity index (χ2n) is 4.26. The number of carbonyl (C=O) groups excluding carboxylic acids is 1. The standard InChI is InChI=1S/C12H17N3O3/c1-8-3-10(17-2)4-9(14-8)6-15-7-11(5-13)18-12(15)16/h3-4,11H,5-7,13H2,1-2H3. The van der Waals surface area contributed by atoms with Crippen LogP contribution in [-0.2, 0) is 11.3 Å². The predicted molar refractivity (Wildman–Crippen MR) is 65.3 cm³/mol. The molecule has 6 heteroatoms. The highest BCUT2D eigenvalue weighted by molar-refractivity contribution is 5.69. The average Bonchev–Trinajstić information content (AvgIpc) is 2.69. The fourth-order valence-corrected chi connectivity index (χ4v) is 1.92. The van der Waals surface area contributed by atoms with Crippen molar-refractivity contribution in [1.82, 2.24) is 9.88 Å². The molecule has 0 spiro atoms. The molecule has 1 saturated heterocycles. The second kappa shape index (κ2) is 5.22. The van der Waals surface area contributed by atoms with E-state index in [1.54, 1.807) is 12.0 Å². The number of nitrogens with zero attached hydrogens (tertiary/aromatic N) is 2. The van der Waals surface area contributed by atoms with Gasteiger partial charge in [0.1, 0.15) is 11.9 Å². The average molecular weight is 251 g/mol. The maximum absolute atomic E-state index is 11.6. The van der Waals surface area contributed by atoms with Gasteiger partial charge in [0.25, 0.3) is 0 Å². The fourth-order valence-electron chi connectivity index (χ4n) is 1.92. The zero-order valence-corrected chi connectivity index (χ0v) is 10.5. The maximum Gasteiger partial charge on any atom is 0.410 e. The van der Waals surface area contributed by atoms with Crippen LogP contribution in [0.2, 0.25) is 0 Å². The molecule has 1 fully saturated rings. The Bertz CT molecular complexity index is 450. The van der Waals surface area contributed by atoms with Crippen LogP contribution in [0.5, 0.6) is 5.75 Å². The van der Waals surface area contributed by atoms with E-state index in [2.05, 4.69) is 4.98 Å². The lowest BCUT2D eigenvalue weighted by Crippen LogP contribution is -2.27. The van der Waals surface area contributed by atoms with Crippen LogP contribution in [0.25, 0.3) is 0 Å². The summed E-state index contributed by atoms with van der Waals surface area (Å²) in [6.45, 7) is 3.14. The number of hydrogen-bond donors (Lipinski definition) is 1. The first-order valence-electron chi connectivity index (χ1n) is 5.79. The minimum Gasteiger partial charge on any atom is -0.497 e. The van der Waals surface area contributed by atoms with E-state index < -0.39 is 0 Å². The fraction of sp³-hybridized carbons (Fsp3) is 0.500. The highest BCUT2D eigenvalue weighted by Gasteiger charge is 2.30. The van der Waals surface area contributed by atoms with Gasteiger partial charge in [0.15, 0.2) is 0 Å². The summed E-state index contributed by atoms with van der Waals surface area (Å²) >= 11 is 0. The normalized spacial score (nSPS) is 18.9. The van der Waals surface area contributed by atoms with E-state index in [1.165, 1.54) is 0 Å². The van der Waals surface area contributed by atoms with Gasteiger partial charge >= 0.3 is 6.09 Å². The molecule has 0 radical (unpaired) electrons. The minimum atomic E-state index is -0.340. The topological polar surface area (TPSA) is 77.7 Å². The third-order valence-electron chi connectivity index (χ3n) is 2.78. The van der Waals surface area contributed by atoms with Crippen molar-refractivity contribution in [1.29, 1.82) is 0 Å². The lowest BCUT2D eigenvalue weighted by Gasteiger charge is -2.13. The zero-order valence-electron chi connectivity index (χ0n) is 10.5. The maximum atomic E-state index is 11.6. The lowest BCUT2D eigenvalue weighted by molar-refractivity contribution is 0.134. The Morgan fingerprint density at radius 1 is 1.61 bits per heavy atom. The number of pyridine rings is 1. The van der Waals surface area contributed by atoms with Gasteiger partial charge in [-0.3, -0.25) is 9.88 Å². The smallest absolute Gasteiger partial charge is 0.410 e. The summed E-state index contributed by atoms with van der Waals surface area (Å²) in [7, 11) is 1.60. The molecule has 1 aromatic heterocycles. The van der Waals surface area contributed by atoms with Gasteiger partial charge < -0.3 is 15.2 Å². The van der Waals surface area contributed by atoms with E-state index in [1.807, 2.05) is 19.1 Å². The third kappa shape index (κ3) is 2.70. The summed E-state index contributed by atoms with van der Waals surface area (Å²) in [4.78, 5) is 17.5. The Hall–Kier alpha value is -1.82. The highest BCUT2D eigenvalue weighted by atomic mass is 16.6. The molecule has 0 saturated carbocycles. The summed E-state index contributed by atoms with van der Waals surface area (Å²) in [5.41, 5.74) is 7.11. The van der Waals surface area contributed by atoms with Gasteiger partial charge in [-0.05, 0) is 6.92 Å². The van der Waals surface area contributed by atoms with E-state index in [9.17, 15) is 4.79 Å². The van der Waals surface area contributed by atoms with Gasteiger partial charge in [0.2, 0.25) is 0 Å². The van der Waals surface area contributed by atoms with Gasteiger partial charge in [-0.1, -0.05) is 0 Å². The Morgan fingerprint density at radius 3 is 3.00 bits per heavy atom. The molecule has 1 atom stereocenters. The van der Waals surface area contributed by atoms with Crippen LogP contribution >= 0.6 is 0 Å². The number of rotatable bonds is 4. The Kier molecular flexibility index (Phi) is 3.66. The van der Waals surface area contributed by atoms with Crippen LogP contribution in [0.4, 0.5) is 4.79 Å². The Morgan fingerprint density at radius 2 is 2.39 bits per heavy atom. The summed E-state index contributed by atoms with van der Waals surface area (Å²) in [6, 6.07) is 3.66. The largest absolute Gasteiger partial charge is 0.497 e. The van der Waals surface area contributed by atoms with E-state index in [-0.39, 0.29) is 12.2 Å². The number of ether oxygens (including phenoxy) is 2. The van der Waals surface area contributed by atoms with Crippen LogP contribution in [-0.4, -0.2) is 42.3 Å². The van der Waals surface area contributed by atoms with Crippen LogP contribution in [0.15, 0.2) is 12.1 Å².